The van der Waals surface area contributed by atoms with Crippen molar-refractivity contribution in [1.29, 1.82) is 0 Å². The maximum Gasteiger partial charge on any atom is 0.239 e. The number of nitrogens with zero attached hydrogens (tertiary/aromatic N) is 2. The predicted molar refractivity (Wildman–Crippen MR) is 77.9 cm³/mol. The summed E-state index contributed by atoms with van der Waals surface area (Å²) >= 11 is 9.47. The van der Waals surface area contributed by atoms with Gasteiger partial charge >= 0.3 is 0 Å². The molecule has 1 heterocycles. The summed E-state index contributed by atoms with van der Waals surface area (Å²) in [5.41, 5.74) is 6.88. The van der Waals surface area contributed by atoms with Crippen LogP contribution in [0.4, 0.5) is 5.69 Å². The van der Waals surface area contributed by atoms with E-state index in [0.29, 0.717) is 11.6 Å². The number of primary amides is 1. The van der Waals surface area contributed by atoms with Crippen molar-refractivity contribution in [3.05, 3.63) is 45.7 Å². The lowest BCUT2D eigenvalue weighted by Gasteiger charge is -2.06. The quantitative estimate of drug-likeness (QED) is 0.875. The molecule has 2 aromatic rings. The van der Waals surface area contributed by atoms with Crippen LogP contribution in [0, 0.1) is 0 Å². The van der Waals surface area contributed by atoms with Crippen LogP contribution >= 0.6 is 27.5 Å². The topological polar surface area (TPSA) is 72.9 Å². The minimum absolute atomic E-state index is 0.0702. The third kappa shape index (κ3) is 3.97. The lowest BCUT2D eigenvalue weighted by atomic mass is 10.2. The van der Waals surface area contributed by atoms with Crippen molar-refractivity contribution in [2.75, 3.05) is 5.32 Å². The van der Waals surface area contributed by atoms with Crippen LogP contribution in [0.2, 0.25) is 5.02 Å². The molecule has 19 heavy (non-hydrogen) atoms. The molecule has 1 aromatic heterocycles. The number of halogens is 2. The lowest BCUT2D eigenvalue weighted by Crippen LogP contribution is -2.18. The number of amides is 1. The maximum absolute atomic E-state index is 10.8. The van der Waals surface area contributed by atoms with Crippen LogP contribution in [0.15, 0.2) is 35.1 Å². The first kappa shape index (κ1) is 13.9. The standard InChI is InChI=1S/C12H12BrClN4O/c13-9-2-1-8(11(14)3-9)4-16-10-5-17-18(6-10)7-12(15)19/h1-3,5-6,16H,4,7H2,(H2,15,19). The van der Waals surface area contributed by atoms with Crippen molar-refractivity contribution in [3.63, 3.8) is 0 Å². The molecule has 3 N–H and O–H groups in total. The third-order valence-electron chi connectivity index (χ3n) is 2.45. The first-order chi connectivity index (χ1) is 9.04. The summed E-state index contributed by atoms with van der Waals surface area (Å²) in [6.07, 6.45) is 3.35. The van der Waals surface area contributed by atoms with Crippen molar-refractivity contribution in [2.24, 2.45) is 5.73 Å². The van der Waals surface area contributed by atoms with Gasteiger partial charge in [-0.1, -0.05) is 33.6 Å². The predicted octanol–water partition coefficient (Wildman–Crippen LogP) is 2.40. The molecule has 5 nitrogen and oxygen atoms in total. The summed E-state index contributed by atoms with van der Waals surface area (Å²) in [6, 6.07) is 5.71. The average molecular weight is 344 g/mol. The van der Waals surface area contributed by atoms with Crippen LogP contribution < -0.4 is 11.1 Å². The van der Waals surface area contributed by atoms with E-state index in [0.717, 1.165) is 15.7 Å². The van der Waals surface area contributed by atoms with Gasteiger partial charge in [0.2, 0.25) is 5.91 Å². The van der Waals surface area contributed by atoms with Crippen LogP contribution in [0.5, 0.6) is 0 Å². The highest BCUT2D eigenvalue weighted by atomic mass is 79.9. The zero-order valence-electron chi connectivity index (χ0n) is 9.94. The first-order valence-corrected chi connectivity index (χ1v) is 6.70. The van der Waals surface area contributed by atoms with Crippen molar-refractivity contribution in [3.8, 4) is 0 Å². The first-order valence-electron chi connectivity index (χ1n) is 5.53. The number of hydrogen-bond acceptors (Lipinski definition) is 3. The van der Waals surface area contributed by atoms with Crippen LogP contribution in [-0.2, 0) is 17.9 Å². The Bertz CT molecular complexity index is 599. The average Bonchev–Trinajstić information content (AvgIpc) is 2.74. The Morgan fingerprint density at radius 1 is 1.53 bits per heavy atom. The Labute approximate surface area is 123 Å². The molecule has 0 fully saturated rings. The largest absolute Gasteiger partial charge is 0.378 e. The molecule has 0 saturated heterocycles. The van der Waals surface area contributed by atoms with E-state index in [2.05, 4.69) is 26.3 Å². The number of nitrogens with two attached hydrogens (primary N) is 1. The summed E-state index contributed by atoms with van der Waals surface area (Å²) < 4.78 is 2.42. The van der Waals surface area contributed by atoms with Gasteiger partial charge in [-0.2, -0.15) is 5.10 Å². The zero-order valence-corrected chi connectivity index (χ0v) is 12.3. The molecule has 0 unspecified atom stereocenters. The van der Waals surface area contributed by atoms with Crippen molar-refractivity contribution in [1.82, 2.24) is 9.78 Å². The van der Waals surface area contributed by atoms with E-state index in [1.54, 1.807) is 12.4 Å². The minimum Gasteiger partial charge on any atom is -0.378 e. The fraction of sp³-hybridized carbons (Fsp3) is 0.167. The normalized spacial score (nSPS) is 10.4. The summed E-state index contributed by atoms with van der Waals surface area (Å²) in [5, 5.41) is 7.88. The number of rotatable bonds is 5. The number of aromatic nitrogens is 2. The molecule has 0 aliphatic carbocycles. The Hall–Kier alpha value is -1.53. The van der Waals surface area contributed by atoms with E-state index < -0.39 is 5.91 Å². The molecule has 2 rings (SSSR count). The fourth-order valence-electron chi connectivity index (χ4n) is 1.56. The SMILES string of the molecule is NC(=O)Cn1cc(NCc2ccc(Br)cc2Cl)cn1. The molecule has 0 bridgehead atoms. The number of hydrogen-bond donors (Lipinski definition) is 2. The maximum atomic E-state index is 10.8. The minimum atomic E-state index is -0.425. The second-order valence-corrected chi connectivity index (χ2v) is 5.31. The van der Waals surface area contributed by atoms with Gasteiger partial charge in [0, 0.05) is 22.2 Å². The van der Waals surface area contributed by atoms with Crippen molar-refractivity contribution < 1.29 is 4.79 Å². The molecule has 0 radical (unpaired) electrons. The highest BCUT2D eigenvalue weighted by Gasteiger charge is 2.03. The molecular formula is C12H12BrClN4O. The van der Waals surface area contributed by atoms with E-state index in [4.69, 9.17) is 17.3 Å². The molecule has 7 heteroatoms. The summed E-state index contributed by atoms with van der Waals surface area (Å²) in [7, 11) is 0. The molecule has 1 amide bonds. The van der Waals surface area contributed by atoms with E-state index in [9.17, 15) is 4.79 Å². The number of nitrogens with one attached hydrogen (secondary N) is 1. The van der Waals surface area contributed by atoms with Gasteiger partial charge in [0.1, 0.15) is 6.54 Å². The van der Waals surface area contributed by atoms with E-state index in [-0.39, 0.29) is 6.54 Å². The van der Waals surface area contributed by atoms with Crippen LogP contribution in [0.3, 0.4) is 0 Å². The Morgan fingerprint density at radius 2 is 2.32 bits per heavy atom. The van der Waals surface area contributed by atoms with Gasteiger partial charge in [-0.15, -0.1) is 0 Å². The number of carbonyl (C=O) groups is 1. The summed E-state index contributed by atoms with van der Waals surface area (Å²) in [5.74, 6) is -0.425. The molecule has 1 aromatic carbocycles. The number of carbonyl (C=O) groups excluding carboxylic acids is 1. The molecule has 0 saturated carbocycles. The van der Waals surface area contributed by atoms with Gasteiger partial charge in [-0.25, -0.2) is 0 Å². The molecule has 100 valence electrons. The number of benzene rings is 1. The van der Waals surface area contributed by atoms with Gasteiger partial charge in [0.05, 0.1) is 11.9 Å². The molecular weight excluding hydrogens is 332 g/mol. The summed E-state index contributed by atoms with van der Waals surface area (Å²) in [4.78, 5) is 10.8. The highest BCUT2D eigenvalue weighted by molar-refractivity contribution is 9.10. The van der Waals surface area contributed by atoms with E-state index in [1.807, 2.05) is 18.2 Å². The number of anilines is 1. The van der Waals surface area contributed by atoms with Gasteiger partial charge in [0.25, 0.3) is 0 Å². The molecule has 0 atom stereocenters. The monoisotopic (exact) mass is 342 g/mol. The molecule has 0 spiro atoms. The second kappa shape index (κ2) is 6.08. The van der Waals surface area contributed by atoms with Gasteiger partial charge in [0.15, 0.2) is 0 Å². The van der Waals surface area contributed by atoms with E-state index >= 15 is 0 Å². The summed E-state index contributed by atoms with van der Waals surface area (Å²) in [6.45, 7) is 0.648. The Balaban J connectivity index is 1.98. The van der Waals surface area contributed by atoms with Crippen molar-refractivity contribution in [2.45, 2.75) is 13.1 Å². The second-order valence-electron chi connectivity index (χ2n) is 3.98. The fourth-order valence-corrected chi connectivity index (χ4v) is 2.30. The molecule has 0 aliphatic rings. The van der Waals surface area contributed by atoms with Crippen molar-refractivity contribution >= 4 is 39.1 Å². The smallest absolute Gasteiger partial charge is 0.239 e. The van der Waals surface area contributed by atoms with Gasteiger partial charge in [-0.05, 0) is 17.7 Å². The van der Waals surface area contributed by atoms with Gasteiger partial charge in [-0.3, -0.25) is 9.48 Å². The van der Waals surface area contributed by atoms with Gasteiger partial charge < -0.3 is 11.1 Å². The van der Waals surface area contributed by atoms with Crippen LogP contribution in [-0.4, -0.2) is 15.7 Å². The third-order valence-corrected chi connectivity index (χ3v) is 3.29. The zero-order chi connectivity index (χ0) is 13.8. The Kier molecular flexibility index (Phi) is 4.44. The Morgan fingerprint density at radius 3 is 3.00 bits per heavy atom. The highest BCUT2D eigenvalue weighted by Crippen LogP contribution is 2.22. The van der Waals surface area contributed by atoms with Crippen LogP contribution in [0.25, 0.3) is 0 Å². The molecule has 0 aliphatic heterocycles. The lowest BCUT2D eigenvalue weighted by molar-refractivity contribution is -0.118. The van der Waals surface area contributed by atoms with Crippen LogP contribution in [0.1, 0.15) is 5.56 Å². The van der Waals surface area contributed by atoms with E-state index in [1.165, 1.54) is 4.68 Å².